The highest BCUT2D eigenvalue weighted by Gasteiger charge is 2.19. The van der Waals surface area contributed by atoms with E-state index in [0.29, 0.717) is 24.5 Å². The van der Waals surface area contributed by atoms with Crippen LogP contribution in [0.15, 0.2) is 16.6 Å². The summed E-state index contributed by atoms with van der Waals surface area (Å²) >= 11 is 3.43. The normalized spacial score (nSPS) is 14.3. The lowest BCUT2D eigenvalue weighted by molar-refractivity contribution is -0.139. The average Bonchev–Trinajstić information content (AvgIpc) is 2.87. The molecule has 1 aliphatic rings. The summed E-state index contributed by atoms with van der Waals surface area (Å²) in [7, 11) is 0. The molecule has 1 aliphatic heterocycles. The van der Waals surface area contributed by atoms with Gasteiger partial charge in [0, 0.05) is 6.54 Å². The molecule has 0 saturated heterocycles. The number of carbonyl (C=O) groups is 1. The third-order valence-corrected chi connectivity index (χ3v) is 3.77. The smallest absolute Gasteiger partial charge is 0.320 e. The number of benzene rings is 1. The minimum Gasteiger partial charge on any atom is -0.480 e. The molecule has 0 fully saturated rings. The second kappa shape index (κ2) is 6.95. The van der Waals surface area contributed by atoms with Gasteiger partial charge in [-0.25, -0.2) is 0 Å². The van der Waals surface area contributed by atoms with Crippen molar-refractivity contribution in [2.45, 2.75) is 38.8 Å². The first-order valence-electron chi connectivity index (χ1n) is 6.66. The predicted octanol–water partition coefficient (Wildman–Crippen LogP) is 2.91. The lowest BCUT2D eigenvalue weighted by Crippen LogP contribution is -2.36. The molecule has 1 aromatic carbocycles. The van der Waals surface area contributed by atoms with Gasteiger partial charge in [-0.2, -0.15) is 0 Å². The number of hydrogen-bond donors (Lipinski definition) is 2. The van der Waals surface area contributed by atoms with E-state index in [0.717, 1.165) is 22.9 Å². The number of rotatable bonds is 7. The monoisotopic (exact) mass is 343 g/mol. The number of hydrogen-bond acceptors (Lipinski definition) is 4. The number of aliphatic carboxylic acids is 1. The van der Waals surface area contributed by atoms with E-state index in [4.69, 9.17) is 9.47 Å². The van der Waals surface area contributed by atoms with Crippen molar-refractivity contribution in [1.82, 2.24) is 5.32 Å². The molecule has 0 aliphatic carbocycles. The summed E-state index contributed by atoms with van der Waals surface area (Å²) in [5.74, 6) is 0.587. The van der Waals surface area contributed by atoms with Crippen molar-refractivity contribution in [3.05, 3.63) is 22.2 Å². The molecule has 1 aromatic rings. The van der Waals surface area contributed by atoms with Crippen LogP contribution < -0.4 is 14.8 Å². The van der Waals surface area contributed by atoms with E-state index in [1.807, 2.05) is 19.1 Å². The van der Waals surface area contributed by atoms with Gasteiger partial charge in [-0.3, -0.25) is 4.79 Å². The number of nitrogens with one attached hydrogen (secondary N) is 1. The standard InChI is InChI=1S/C14H18BrNO4/c1-2-3-4-11(14(17)18)16-7-9-5-10(15)13-12(6-9)19-8-20-13/h5-6,11,16H,2-4,7-8H2,1H3,(H,17,18)/t11-/m0/s1. The summed E-state index contributed by atoms with van der Waals surface area (Å²) in [5.41, 5.74) is 0.962. The Morgan fingerprint density at radius 3 is 3.00 bits per heavy atom. The van der Waals surface area contributed by atoms with Crippen molar-refractivity contribution in [3.8, 4) is 11.5 Å². The third-order valence-electron chi connectivity index (χ3n) is 3.18. The van der Waals surface area contributed by atoms with Crippen LogP contribution in [-0.4, -0.2) is 23.9 Å². The molecule has 20 heavy (non-hydrogen) atoms. The minimum absolute atomic E-state index is 0.221. The van der Waals surface area contributed by atoms with Crippen LogP contribution in [0.5, 0.6) is 11.5 Å². The summed E-state index contributed by atoms with van der Waals surface area (Å²) in [4.78, 5) is 11.2. The molecule has 0 spiro atoms. The van der Waals surface area contributed by atoms with Gasteiger partial charge in [0.1, 0.15) is 6.04 Å². The maximum absolute atomic E-state index is 11.2. The van der Waals surface area contributed by atoms with Crippen LogP contribution in [-0.2, 0) is 11.3 Å². The van der Waals surface area contributed by atoms with E-state index in [-0.39, 0.29) is 6.79 Å². The molecule has 2 N–H and O–H groups in total. The summed E-state index contributed by atoms with van der Waals surface area (Å²) in [6, 6.07) is 3.28. The minimum atomic E-state index is -0.807. The lowest BCUT2D eigenvalue weighted by Gasteiger charge is -2.14. The molecule has 2 rings (SSSR count). The van der Waals surface area contributed by atoms with E-state index >= 15 is 0 Å². The van der Waals surface area contributed by atoms with E-state index in [9.17, 15) is 9.90 Å². The van der Waals surface area contributed by atoms with Crippen LogP contribution in [0.1, 0.15) is 31.7 Å². The molecule has 110 valence electrons. The molecular weight excluding hydrogens is 326 g/mol. The molecule has 6 heteroatoms. The van der Waals surface area contributed by atoms with Crippen LogP contribution in [0.2, 0.25) is 0 Å². The molecule has 0 aromatic heterocycles. The van der Waals surface area contributed by atoms with Crippen molar-refractivity contribution in [1.29, 1.82) is 0 Å². The van der Waals surface area contributed by atoms with Gasteiger partial charge in [0.05, 0.1) is 4.47 Å². The van der Waals surface area contributed by atoms with E-state index in [2.05, 4.69) is 21.2 Å². The van der Waals surface area contributed by atoms with E-state index in [1.165, 1.54) is 0 Å². The Labute approximate surface area is 126 Å². The third kappa shape index (κ3) is 3.64. The first-order chi connectivity index (χ1) is 9.61. The highest BCUT2D eigenvalue weighted by Crippen LogP contribution is 2.39. The van der Waals surface area contributed by atoms with Gasteiger partial charge in [0.2, 0.25) is 6.79 Å². The fourth-order valence-corrected chi connectivity index (χ4v) is 2.69. The van der Waals surface area contributed by atoms with Gasteiger partial charge >= 0.3 is 5.97 Å². The number of ether oxygens (including phenoxy) is 2. The number of carboxylic acids is 1. The van der Waals surface area contributed by atoms with Crippen molar-refractivity contribution >= 4 is 21.9 Å². The molecule has 5 nitrogen and oxygen atoms in total. The molecule has 0 amide bonds. The number of fused-ring (bicyclic) bond motifs is 1. The van der Waals surface area contributed by atoms with Crippen LogP contribution in [0, 0.1) is 0 Å². The number of halogens is 1. The summed E-state index contributed by atoms with van der Waals surface area (Å²) in [5, 5.41) is 12.2. The summed E-state index contributed by atoms with van der Waals surface area (Å²) in [6.07, 6.45) is 2.52. The summed E-state index contributed by atoms with van der Waals surface area (Å²) in [6.45, 7) is 2.75. The molecule has 0 saturated carbocycles. The fourth-order valence-electron chi connectivity index (χ4n) is 2.08. The molecule has 1 heterocycles. The first kappa shape index (κ1) is 15.1. The Kier molecular flexibility index (Phi) is 5.25. The van der Waals surface area contributed by atoms with Crippen molar-refractivity contribution in [2.24, 2.45) is 0 Å². The largest absolute Gasteiger partial charge is 0.480 e. The Morgan fingerprint density at radius 1 is 1.50 bits per heavy atom. The molecule has 0 radical (unpaired) electrons. The van der Waals surface area contributed by atoms with Gasteiger partial charge in [0.25, 0.3) is 0 Å². The number of carboxylic acid groups (broad SMARTS) is 1. The molecule has 1 atom stereocenters. The highest BCUT2D eigenvalue weighted by molar-refractivity contribution is 9.10. The maximum atomic E-state index is 11.2. The lowest BCUT2D eigenvalue weighted by atomic mass is 10.1. The SMILES string of the molecule is CCCC[C@H](NCc1cc(Br)c2c(c1)OCO2)C(=O)O. The Morgan fingerprint density at radius 2 is 2.30 bits per heavy atom. The molecular formula is C14H18BrNO4. The van der Waals surface area contributed by atoms with Crippen LogP contribution in [0.4, 0.5) is 0 Å². The first-order valence-corrected chi connectivity index (χ1v) is 7.45. The second-order valence-corrected chi connectivity index (χ2v) is 5.58. The van der Waals surface area contributed by atoms with Gasteiger partial charge in [-0.05, 0) is 40.0 Å². The van der Waals surface area contributed by atoms with Crippen molar-refractivity contribution in [2.75, 3.05) is 6.79 Å². The molecule has 0 bridgehead atoms. The zero-order chi connectivity index (χ0) is 14.5. The summed E-state index contributed by atoms with van der Waals surface area (Å²) < 4.78 is 11.5. The zero-order valence-electron chi connectivity index (χ0n) is 11.3. The van der Waals surface area contributed by atoms with Crippen LogP contribution in [0.25, 0.3) is 0 Å². The van der Waals surface area contributed by atoms with Crippen molar-refractivity contribution < 1.29 is 19.4 Å². The highest BCUT2D eigenvalue weighted by atomic mass is 79.9. The Balaban J connectivity index is 1.99. The topological polar surface area (TPSA) is 67.8 Å². The van der Waals surface area contributed by atoms with Gasteiger partial charge in [-0.1, -0.05) is 19.8 Å². The zero-order valence-corrected chi connectivity index (χ0v) is 12.9. The Bertz CT molecular complexity index is 492. The quantitative estimate of drug-likeness (QED) is 0.796. The van der Waals surface area contributed by atoms with E-state index < -0.39 is 12.0 Å². The maximum Gasteiger partial charge on any atom is 0.320 e. The average molecular weight is 344 g/mol. The number of unbranched alkanes of at least 4 members (excludes halogenated alkanes) is 1. The predicted molar refractivity (Wildman–Crippen MR) is 78.1 cm³/mol. The Hall–Kier alpha value is -1.27. The molecule has 0 unspecified atom stereocenters. The van der Waals surface area contributed by atoms with Crippen molar-refractivity contribution in [3.63, 3.8) is 0 Å². The van der Waals surface area contributed by atoms with Gasteiger partial charge in [-0.15, -0.1) is 0 Å². The van der Waals surface area contributed by atoms with E-state index in [1.54, 1.807) is 0 Å². The van der Waals surface area contributed by atoms with Crippen LogP contribution >= 0.6 is 15.9 Å². The van der Waals surface area contributed by atoms with Gasteiger partial charge < -0.3 is 19.9 Å². The van der Waals surface area contributed by atoms with Crippen LogP contribution in [0.3, 0.4) is 0 Å². The van der Waals surface area contributed by atoms with Gasteiger partial charge in [0.15, 0.2) is 11.5 Å². The fraction of sp³-hybridized carbons (Fsp3) is 0.500. The second-order valence-electron chi connectivity index (χ2n) is 4.73.